The van der Waals surface area contributed by atoms with Crippen molar-refractivity contribution in [1.29, 1.82) is 0 Å². The highest BCUT2D eigenvalue weighted by Gasteiger charge is 2.29. The summed E-state index contributed by atoms with van der Waals surface area (Å²) in [6.07, 6.45) is 0.852. The number of rotatable bonds is 5. The Balaban J connectivity index is 2.28. The third-order valence-electron chi connectivity index (χ3n) is 2.92. The highest BCUT2D eigenvalue weighted by atomic mass is 16.3. The molecular formula is C17H12N2O3. The highest BCUT2D eigenvalue weighted by Crippen LogP contribution is 2.11. The number of hydrogen-bond acceptors (Lipinski definition) is 3. The van der Waals surface area contributed by atoms with Crippen molar-refractivity contribution in [2.45, 2.75) is 0 Å². The van der Waals surface area contributed by atoms with E-state index in [0.29, 0.717) is 5.56 Å². The van der Waals surface area contributed by atoms with Gasteiger partial charge in [-0.3, -0.25) is 9.59 Å². The average Bonchev–Trinajstić information content (AvgIpc) is 2.57. The summed E-state index contributed by atoms with van der Waals surface area (Å²) in [5.41, 5.74) is 8.92. The maximum absolute atomic E-state index is 12.1. The summed E-state index contributed by atoms with van der Waals surface area (Å²) in [4.78, 5) is 26.9. The molecule has 1 N–H and O–H groups in total. The summed E-state index contributed by atoms with van der Waals surface area (Å²) in [5, 5.41) is 9.88. The first-order valence-electron chi connectivity index (χ1n) is 6.45. The normalized spacial score (nSPS) is 10.6. The van der Waals surface area contributed by atoms with Gasteiger partial charge in [0.2, 0.25) is 0 Å². The van der Waals surface area contributed by atoms with Gasteiger partial charge >= 0.3 is 5.71 Å². The number of hydrogen-bond donors (Lipinski definition) is 1. The van der Waals surface area contributed by atoms with Crippen LogP contribution in [0.2, 0.25) is 0 Å². The van der Waals surface area contributed by atoms with Crippen molar-refractivity contribution in [2.24, 2.45) is 0 Å². The molecule has 2 aromatic rings. The van der Waals surface area contributed by atoms with E-state index in [1.807, 2.05) is 0 Å². The molecule has 0 saturated carbocycles. The Bertz CT molecular complexity index is 774. The van der Waals surface area contributed by atoms with E-state index in [-0.39, 0.29) is 11.3 Å². The molecule has 108 valence electrons. The topological polar surface area (TPSA) is 90.8 Å². The van der Waals surface area contributed by atoms with Crippen LogP contribution in [0.15, 0.2) is 66.7 Å². The lowest BCUT2D eigenvalue weighted by Crippen LogP contribution is -2.24. The minimum absolute atomic E-state index is 0.219. The molecule has 2 rings (SSSR count). The molecule has 0 spiro atoms. The van der Waals surface area contributed by atoms with Crippen LogP contribution in [-0.4, -0.2) is 27.2 Å². The predicted molar refractivity (Wildman–Crippen MR) is 81.5 cm³/mol. The van der Waals surface area contributed by atoms with Gasteiger partial charge in [-0.1, -0.05) is 60.7 Å². The second-order valence-corrected chi connectivity index (χ2v) is 4.40. The third kappa shape index (κ3) is 3.42. The van der Waals surface area contributed by atoms with E-state index >= 15 is 0 Å². The molecule has 0 fully saturated rings. The van der Waals surface area contributed by atoms with Gasteiger partial charge in [-0.25, -0.2) is 0 Å². The fraction of sp³-hybridized carbons (Fsp3) is 0. The quantitative estimate of drug-likeness (QED) is 0.175. The molecule has 0 aromatic heterocycles. The number of nitrogens with zero attached hydrogens (tertiary/aromatic N) is 2. The van der Waals surface area contributed by atoms with E-state index in [1.165, 1.54) is 12.1 Å². The van der Waals surface area contributed by atoms with Crippen LogP contribution in [0.4, 0.5) is 0 Å². The van der Waals surface area contributed by atoms with E-state index in [4.69, 9.17) is 5.53 Å². The standard InChI is InChI=1S/C17H12N2O3/c18-19-16(17(22)13-9-5-2-6-10-13)15(21)11-14(20)12-7-3-1-4-8-12/h1-11,20H/b14-11-. The maximum Gasteiger partial charge on any atom is 0.409 e. The van der Waals surface area contributed by atoms with Crippen molar-refractivity contribution < 1.29 is 19.5 Å². The summed E-state index contributed by atoms with van der Waals surface area (Å²) in [6.45, 7) is 0. The van der Waals surface area contributed by atoms with Gasteiger partial charge in [0.25, 0.3) is 11.6 Å². The molecule has 0 bridgehead atoms. The molecule has 0 amide bonds. The van der Waals surface area contributed by atoms with E-state index < -0.39 is 17.3 Å². The number of allylic oxidation sites excluding steroid dienone is 1. The Kier molecular flexibility index (Phi) is 4.75. The summed E-state index contributed by atoms with van der Waals surface area (Å²) >= 11 is 0. The van der Waals surface area contributed by atoms with E-state index in [1.54, 1.807) is 48.5 Å². The van der Waals surface area contributed by atoms with Crippen LogP contribution in [-0.2, 0) is 4.79 Å². The first-order chi connectivity index (χ1) is 10.6. The molecule has 0 unspecified atom stereocenters. The van der Waals surface area contributed by atoms with Crippen LogP contribution in [0.5, 0.6) is 0 Å². The molecule has 5 heteroatoms. The van der Waals surface area contributed by atoms with Gasteiger partial charge in [0.1, 0.15) is 5.76 Å². The molecule has 0 aliphatic heterocycles. The van der Waals surface area contributed by atoms with Gasteiger partial charge in [0, 0.05) is 17.2 Å². The van der Waals surface area contributed by atoms with E-state index in [9.17, 15) is 14.7 Å². The van der Waals surface area contributed by atoms with Gasteiger partial charge in [-0.2, -0.15) is 4.79 Å². The molecule has 2 aromatic carbocycles. The summed E-state index contributed by atoms with van der Waals surface area (Å²) < 4.78 is 0. The van der Waals surface area contributed by atoms with Crippen LogP contribution in [0.25, 0.3) is 11.3 Å². The van der Waals surface area contributed by atoms with E-state index in [2.05, 4.69) is 4.79 Å². The largest absolute Gasteiger partial charge is 0.507 e. The fourth-order valence-electron chi connectivity index (χ4n) is 1.82. The Morgan fingerprint density at radius 3 is 1.91 bits per heavy atom. The van der Waals surface area contributed by atoms with Crippen LogP contribution in [0.1, 0.15) is 15.9 Å². The minimum Gasteiger partial charge on any atom is -0.507 e. The monoisotopic (exact) mass is 292 g/mol. The van der Waals surface area contributed by atoms with Crippen molar-refractivity contribution in [3.05, 3.63) is 83.4 Å². The molecule has 5 nitrogen and oxygen atoms in total. The number of Topliss-reactive ketones (excluding diaryl/α,β-unsaturated/α-hetero) is 1. The maximum atomic E-state index is 12.1. The number of aliphatic hydroxyl groups is 1. The number of carbonyl (C=O) groups is 2. The molecule has 0 aliphatic carbocycles. The van der Waals surface area contributed by atoms with Crippen molar-refractivity contribution >= 4 is 23.0 Å². The van der Waals surface area contributed by atoms with Crippen molar-refractivity contribution in [2.75, 3.05) is 0 Å². The fourth-order valence-corrected chi connectivity index (χ4v) is 1.82. The molecule has 0 aliphatic rings. The summed E-state index contributed by atoms with van der Waals surface area (Å²) in [7, 11) is 0. The Morgan fingerprint density at radius 1 is 0.909 bits per heavy atom. The second kappa shape index (κ2) is 6.92. The first kappa shape index (κ1) is 15.1. The van der Waals surface area contributed by atoms with E-state index in [0.717, 1.165) is 6.08 Å². The van der Waals surface area contributed by atoms with Gasteiger partial charge in [0.15, 0.2) is 0 Å². The SMILES string of the molecule is [N-]=[N+]=C(C(=O)/C=C(\O)c1ccccc1)C(=O)c1ccccc1. The number of benzene rings is 2. The summed E-state index contributed by atoms with van der Waals surface area (Å²) in [5.74, 6) is -1.91. The van der Waals surface area contributed by atoms with Gasteiger partial charge in [-0.05, 0) is 0 Å². The van der Waals surface area contributed by atoms with Crippen molar-refractivity contribution in [1.82, 2.24) is 0 Å². The Labute approximate surface area is 126 Å². The summed E-state index contributed by atoms with van der Waals surface area (Å²) in [6, 6.07) is 16.3. The molecule has 0 radical (unpaired) electrons. The van der Waals surface area contributed by atoms with Gasteiger partial charge < -0.3 is 10.6 Å². The van der Waals surface area contributed by atoms with Crippen LogP contribution in [0.3, 0.4) is 0 Å². The lowest BCUT2D eigenvalue weighted by Gasteiger charge is -1.98. The first-order valence-corrected chi connectivity index (χ1v) is 6.45. The number of ketones is 2. The average molecular weight is 292 g/mol. The zero-order valence-corrected chi connectivity index (χ0v) is 11.5. The zero-order valence-electron chi connectivity index (χ0n) is 11.5. The molecule has 0 heterocycles. The smallest absolute Gasteiger partial charge is 0.409 e. The molecule has 0 saturated heterocycles. The van der Waals surface area contributed by atoms with Crippen LogP contribution in [0, 0.1) is 0 Å². The second-order valence-electron chi connectivity index (χ2n) is 4.40. The predicted octanol–water partition coefficient (Wildman–Crippen LogP) is 2.71. The highest BCUT2D eigenvalue weighted by molar-refractivity contribution is 6.69. The zero-order chi connectivity index (χ0) is 15.9. The van der Waals surface area contributed by atoms with Crippen molar-refractivity contribution in [3.8, 4) is 0 Å². The van der Waals surface area contributed by atoms with Crippen LogP contribution < -0.4 is 0 Å². The molecule has 22 heavy (non-hydrogen) atoms. The lowest BCUT2D eigenvalue weighted by molar-refractivity contribution is -0.112. The third-order valence-corrected chi connectivity index (χ3v) is 2.92. The lowest BCUT2D eigenvalue weighted by atomic mass is 10.0. The minimum atomic E-state index is -0.877. The molecular weight excluding hydrogens is 280 g/mol. The molecule has 0 atom stereocenters. The Morgan fingerprint density at radius 2 is 1.41 bits per heavy atom. The van der Waals surface area contributed by atoms with Gasteiger partial charge in [-0.15, -0.1) is 0 Å². The van der Waals surface area contributed by atoms with Crippen molar-refractivity contribution in [3.63, 3.8) is 0 Å². The van der Waals surface area contributed by atoms with Gasteiger partial charge in [0.05, 0.1) is 0 Å². The van der Waals surface area contributed by atoms with Crippen LogP contribution >= 0.6 is 0 Å². The number of aliphatic hydroxyl groups excluding tert-OH is 1. The Hall–Kier alpha value is -3.30. The number of carbonyl (C=O) groups excluding carboxylic acids is 2.